The van der Waals surface area contributed by atoms with Crippen LogP contribution in [0.3, 0.4) is 0 Å². The largest absolute Gasteiger partial charge is 0.465 e. The molecule has 0 saturated heterocycles. The van der Waals surface area contributed by atoms with E-state index in [0.717, 1.165) is 12.1 Å². The van der Waals surface area contributed by atoms with Crippen molar-refractivity contribution in [3.63, 3.8) is 0 Å². The number of carboxylic acid groups (broad SMARTS) is 1. The molecule has 0 aliphatic rings. The Morgan fingerprint density at radius 1 is 1.17 bits per heavy atom. The van der Waals surface area contributed by atoms with Crippen molar-refractivity contribution in [3.05, 3.63) is 53.3 Å². The summed E-state index contributed by atoms with van der Waals surface area (Å²) in [7, 11) is 0. The highest BCUT2D eigenvalue weighted by Gasteiger charge is 2.33. The van der Waals surface area contributed by atoms with E-state index < -0.39 is 23.7 Å². The standard InChI is InChI=1S/C15H13F4N3O2/c16-11-6-9(2-3-10(11)15(17,18)19)21-7-8-1-4-13(12(20)5-8)22-14(23)24/h1-6,21-22H,7,20H2,(H,23,24). The van der Waals surface area contributed by atoms with E-state index in [9.17, 15) is 22.4 Å². The van der Waals surface area contributed by atoms with Gasteiger partial charge in [-0.15, -0.1) is 0 Å². The van der Waals surface area contributed by atoms with Crippen molar-refractivity contribution < 1.29 is 27.5 Å². The van der Waals surface area contributed by atoms with E-state index in [4.69, 9.17) is 10.8 Å². The number of hydrogen-bond acceptors (Lipinski definition) is 3. The Bertz CT molecular complexity index is 763. The number of anilines is 3. The van der Waals surface area contributed by atoms with Crippen molar-refractivity contribution in [1.29, 1.82) is 0 Å². The molecular weight excluding hydrogens is 330 g/mol. The van der Waals surface area contributed by atoms with Gasteiger partial charge >= 0.3 is 12.3 Å². The highest BCUT2D eigenvalue weighted by Crippen LogP contribution is 2.32. The van der Waals surface area contributed by atoms with Crippen LogP contribution in [0.1, 0.15) is 11.1 Å². The van der Waals surface area contributed by atoms with E-state index in [1.807, 2.05) is 0 Å². The molecule has 1 amide bonds. The maximum atomic E-state index is 13.5. The maximum Gasteiger partial charge on any atom is 0.419 e. The van der Waals surface area contributed by atoms with E-state index in [2.05, 4.69) is 10.6 Å². The number of amides is 1. The van der Waals surface area contributed by atoms with Crippen LogP contribution in [0.5, 0.6) is 0 Å². The SMILES string of the molecule is Nc1cc(CNc2ccc(C(F)(F)F)c(F)c2)ccc1NC(=O)O. The number of hydrogen-bond donors (Lipinski definition) is 4. The molecule has 128 valence electrons. The van der Waals surface area contributed by atoms with Crippen LogP contribution in [0.15, 0.2) is 36.4 Å². The number of nitrogens with two attached hydrogens (primary N) is 1. The molecule has 0 bridgehead atoms. The fourth-order valence-electron chi connectivity index (χ4n) is 2.01. The predicted octanol–water partition coefficient (Wildman–Crippen LogP) is 4.13. The lowest BCUT2D eigenvalue weighted by atomic mass is 10.1. The molecular formula is C15H13F4N3O2. The molecule has 0 aromatic heterocycles. The number of halogens is 4. The highest BCUT2D eigenvalue weighted by molar-refractivity contribution is 5.87. The Morgan fingerprint density at radius 2 is 1.88 bits per heavy atom. The van der Waals surface area contributed by atoms with Gasteiger partial charge in [-0.05, 0) is 35.9 Å². The van der Waals surface area contributed by atoms with Gasteiger partial charge in [-0.1, -0.05) is 6.07 Å². The molecule has 0 fully saturated rings. The smallest absolute Gasteiger partial charge is 0.419 e. The summed E-state index contributed by atoms with van der Waals surface area (Å²) in [5.41, 5.74) is 5.58. The molecule has 0 spiro atoms. The first-order valence-corrected chi connectivity index (χ1v) is 6.66. The quantitative estimate of drug-likeness (QED) is 0.497. The fourth-order valence-corrected chi connectivity index (χ4v) is 2.01. The summed E-state index contributed by atoms with van der Waals surface area (Å²) in [4.78, 5) is 10.6. The minimum absolute atomic E-state index is 0.169. The molecule has 0 saturated carbocycles. The second-order valence-electron chi connectivity index (χ2n) is 4.90. The lowest BCUT2D eigenvalue weighted by molar-refractivity contribution is -0.139. The average molecular weight is 343 g/mol. The molecule has 9 heteroatoms. The van der Waals surface area contributed by atoms with Crippen LogP contribution in [0, 0.1) is 5.82 Å². The first-order chi connectivity index (χ1) is 11.2. The van der Waals surface area contributed by atoms with E-state index in [-0.39, 0.29) is 23.6 Å². The van der Waals surface area contributed by atoms with Crippen molar-refractivity contribution in [3.8, 4) is 0 Å². The topological polar surface area (TPSA) is 87.4 Å². The number of rotatable bonds is 4. The van der Waals surface area contributed by atoms with Crippen molar-refractivity contribution in [2.24, 2.45) is 0 Å². The van der Waals surface area contributed by atoms with Gasteiger partial charge in [-0.2, -0.15) is 13.2 Å². The Labute approximate surface area is 134 Å². The lowest BCUT2D eigenvalue weighted by Crippen LogP contribution is -2.10. The Kier molecular flexibility index (Phi) is 4.82. The van der Waals surface area contributed by atoms with Crippen LogP contribution < -0.4 is 16.4 Å². The van der Waals surface area contributed by atoms with E-state index in [1.165, 1.54) is 12.1 Å². The van der Waals surface area contributed by atoms with E-state index >= 15 is 0 Å². The van der Waals surface area contributed by atoms with Crippen LogP contribution in [0.4, 0.5) is 39.4 Å². The number of alkyl halides is 3. The zero-order chi connectivity index (χ0) is 17.9. The molecule has 2 aromatic rings. The molecule has 2 aromatic carbocycles. The molecule has 0 unspecified atom stereocenters. The van der Waals surface area contributed by atoms with Crippen molar-refractivity contribution in [2.45, 2.75) is 12.7 Å². The summed E-state index contributed by atoms with van der Waals surface area (Å²) >= 11 is 0. The Balaban J connectivity index is 2.07. The average Bonchev–Trinajstić information content (AvgIpc) is 2.46. The first kappa shape index (κ1) is 17.4. The second kappa shape index (κ2) is 6.65. The Morgan fingerprint density at radius 3 is 2.42 bits per heavy atom. The molecule has 5 nitrogen and oxygen atoms in total. The van der Waals surface area contributed by atoms with Gasteiger partial charge in [0, 0.05) is 12.2 Å². The second-order valence-corrected chi connectivity index (χ2v) is 4.90. The molecule has 2 rings (SSSR count). The van der Waals surface area contributed by atoms with Gasteiger partial charge < -0.3 is 16.2 Å². The number of carbonyl (C=O) groups is 1. The summed E-state index contributed by atoms with van der Waals surface area (Å²) in [5, 5.41) is 13.5. The minimum Gasteiger partial charge on any atom is -0.465 e. The predicted molar refractivity (Wildman–Crippen MR) is 81.2 cm³/mol. The number of nitrogen functional groups attached to an aromatic ring is 1. The van der Waals surface area contributed by atoms with Gasteiger partial charge in [0.25, 0.3) is 0 Å². The maximum absolute atomic E-state index is 13.5. The summed E-state index contributed by atoms with van der Waals surface area (Å²) in [5.74, 6) is -1.37. The summed E-state index contributed by atoms with van der Waals surface area (Å²) < 4.78 is 50.9. The normalized spacial score (nSPS) is 11.2. The molecule has 5 N–H and O–H groups in total. The molecule has 0 aliphatic heterocycles. The summed E-state index contributed by atoms with van der Waals surface area (Å²) in [6.45, 7) is 0.169. The lowest BCUT2D eigenvalue weighted by Gasteiger charge is -2.12. The van der Waals surface area contributed by atoms with Crippen LogP contribution in [-0.4, -0.2) is 11.2 Å². The third-order valence-electron chi connectivity index (χ3n) is 3.13. The number of nitrogens with one attached hydrogen (secondary N) is 2. The van der Waals surface area contributed by atoms with E-state index in [0.29, 0.717) is 11.6 Å². The van der Waals surface area contributed by atoms with Gasteiger partial charge in [-0.3, -0.25) is 5.32 Å². The Hall–Kier alpha value is -2.97. The van der Waals surface area contributed by atoms with Crippen molar-refractivity contribution >= 4 is 23.2 Å². The first-order valence-electron chi connectivity index (χ1n) is 6.66. The van der Waals surface area contributed by atoms with Crippen LogP contribution >= 0.6 is 0 Å². The highest BCUT2D eigenvalue weighted by atomic mass is 19.4. The van der Waals surface area contributed by atoms with Crippen molar-refractivity contribution in [1.82, 2.24) is 0 Å². The zero-order valence-electron chi connectivity index (χ0n) is 12.1. The third-order valence-corrected chi connectivity index (χ3v) is 3.13. The fraction of sp³-hybridized carbons (Fsp3) is 0.133. The van der Waals surface area contributed by atoms with E-state index in [1.54, 1.807) is 6.07 Å². The van der Waals surface area contributed by atoms with Gasteiger partial charge in [0.15, 0.2) is 0 Å². The van der Waals surface area contributed by atoms with Gasteiger partial charge in [0.05, 0.1) is 16.9 Å². The van der Waals surface area contributed by atoms with Crippen molar-refractivity contribution in [2.75, 3.05) is 16.4 Å². The molecule has 0 atom stereocenters. The van der Waals surface area contributed by atoms with Gasteiger partial charge in [-0.25, -0.2) is 9.18 Å². The molecule has 24 heavy (non-hydrogen) atoms. The van der Waals surface area contributed by atoms with Crippen LogP contribution in [0.2, 0.25) is 0 Å². The number of benzene rings is 2. The molecule has 0 aliphatic carbocycles. The molecule has 0 radical (unpaired) electrons. The summed E-state index contributed by atoms with van der Waals surface area (Å²) in [6, 6.07) is 7.07. The summed E-state index contributed by atoms with van der Waals surface area (Å²) in [6.07, 6.45) is -6.00. The molecule has 0 heterocycles. The monoisotopic (exact) mass is 343 g/mol. The third kappa shape index (κ3) is 4.28. The van der Waals surface area contributed by atoms with Gasteiger partial charge in [0.1, 0.15) is 5.82 Å². The van der Waals surface area contributed by atoms with Crippen LogP contribution in [-0.2, 0) is 12.7 Å². The zero-order valence-corrected chi connectivity index (χ0v) is 12.1. The van der Waals surface area contributed by atoms with Gasteiger partial charge in [0.2, 0.25) is 0 Å². The minimum atomic E-state index is -4.75. The van der Waals surface area contributed by atoms with Crippen LogP contribution in [0.25, 0.3) is 0 Å².